The van der Waals surface area contributed by atoms with Gasteiger partial charge in [-0.3, -0.25) is 0 Å². The second-order valence-electron chi connectivity index (χ2n) is 4.73. The summed E-state index contributed by atoms with van der Waals surface area (Å²) >= 11 is 1.51. The summed E-state index contributed by atoms with van der Waals surface area (Å²) in [6, 6.07) is 3.26. The van der Waals surface area contributed by atoms with Crippen LogP contribution in [0.4, 0.5) is 0 Å². The summed E-state index contributed by atoms with van der Waals surface area (Å²) in [4.78, 5) is 19.1. The number of rotatable bonds is 6. The molecule has 0 saturated heterocycles. The van der Waals surface area contributed by atoms with Gasteiger partial charge in [-0.2, -0.15) is 5.10 Å². The average Bonchev–Trinajstić information content (AvgIpc) is 2.83. The van der Waals surface area contributed by atoms with Crippen molar-refractivity contribution in [2.45, 2.75) is 31.2 Å². The van der Waals surface area contributed by atoms with Crippen LogP contribution >= 0.6 is 11.8 Å². The number of thioether (sulfide) groups is 1. The molecular formula is C13H16N4O2S. The summed E-state index contributed by atoms with van der Waals surface area (Å²) in [6.07, 6.45) is 2.92. The quantitative estimate of drug-likeness (QED) is 0.823. The van der Waals surface area contributed by atoms with E-state index in [0.717, 1.165) is 17.4 Å². The average molecular weight is 292 g/mol. The van der Waals surface area contributed by atoms with Gasteiger partial charge in [-0.05, 0) is 18.1 Å². The number of hydrogen-bond donors (Lipinski definition) is 1. The van der Waals surface area contributed by atoms with Crippen LogP contribution < -0.4 is 0 Å². The lowest BCUT2D eigenvalue weighted by atomic mass is 10.2. The molecule has 1 N–H and O–H groups in total. The van der Waals surface area contributed by atoms with Gasteiger partial charge in [-0.15, -0.1) is 0 Å². The molecule has 0 aromatic carbocycles. The minimum absolute atomic E-state index is 0.192. The van der Waals surface area contributed by atoms with E-state index in [9.17, 15) is 4.79 Å². The zero-order valence-corrected chi connectivity index (χ0v) is 12.2. The molecule has 2 aromatic rings. The van der Waals surface area contributed by atoms with Crippen LogP contribution in [0, 0.1) is 5.92 Å². The van der Waals surface area contributed by atoms with Crippen molar-refractivity contribution in [1.29, 1.82) is 0 Å². The van der Waals surface area contributed by atoms with Crippen molar-refractivity contribution in [1.82, 2.24) is 19.7 Å². The van der Waals surface area contributed by atoms with Crippen LogP contribution in [0.1, 0.15) is 30.0 Å². The molecule has 0 aliphatic heterocycles. The van der Waals surface area contributed by atoms with Gasteiger partial charge in [0.05, 0.1) is 16.3 Å². The smallest absolute Gasteiger partial charge is 0.337 e. The molecule has 6 nitrogen and oxygen atoms in total. The van der Waals surface area contributed by atoms with Gasteiger partial charge in [-0.1, -0.05) is 25.6 Å². The van der Waals surface area contributed by atoms with Crippen LogP contribution in [-0.2, 0) is 12.3 Å². The van der Waals surface area contributed by atoms with E-state index in [1.807, 2.05) is 4.68 Å². The Morgan fingerprint density at radius 2 is 2.20 bits per heavy atom. The van der Waals surface area contributed by atoms with Crippen molar-refractivity contribution < 1.29 is 9.90 Å². The number of carbonyl (C=O) groups is 1. The molecular weight excluding hydrogens is 276 g/mol. The van der Waals surface area contributed by atoms with Crippen LogP contribution in [0.2, 0.25) is 0 Å². The Morgan fingerprint density at radius 3 is 2.80 bits per heavy atom. The van der Waals surface area contributed by atoms with Gasteiger partial charge < -0.3 is 5.11 Å². The molecule has 0 aliphatic rings. The number of aromatic carboxylic acids is 1. The molecule has 2 rings (SSSR count). The Kier molecular flexibility index (Phi) is 4.73. The van der Waals surface area contributed by atoms with E-state index in [4.69, 9.17) is 5.11 Å². The highest BCUT2D eigenvalue weighted by molar-refractivity contribution is 7.98. The summed E-state index contributed by atoms with van der Waals surface area (Å²) in [5.74, 6) is 1.10. The van der Waals surface area contributed by atoms with Crippen molar-refractivity contribution in [3.05, 3.63) is 36.0 Å². The van der Waals surface area contributed by atoms with Gasteiger partial charge >= 0.3 is 5.97 Å². The first-order valence-corrected chi connectivity index (χ1v) is 7.23. The van der Waals surface area contributed by atoms with Crippen LogP contribution in [0.3, 0.4) is 0 Å². The molecule has 0 bridgehead atoms. The summed E-state index contributed by atoms with van der Waals surface area (Å²) < 4.78 is 1.89. The highest BCUT2D eigenvalue weighted by Crippen LogP contribution is 2.20. The molecule has 7 heteroatoms. The maximum atomic E-state index is 10.7. The molecule has 0 radical (unpaired) electrons. The van der Waals surface area contributed by atoms with E-state index >= 15 is 0 Å². The van der Waals surface area contributed by atoms with E-state index < -0.39 is 5.97 Å². The lowest BCUT2D eigenvalue weighted by Gasteiger charge is -2.08. The third-order valence-corrected chi connectivity index (χ3v) is 3.51. The van der Waals surface area contributed by atoms with Gasteiger partial charge in [0.15, 0.2) is 0 Å². The minimum atomic E-state index is -0.967. The Bertz CT molecular complexity index is 580. The second kappa shape index (κ2) is 6.51. The van der Waals surface area contributed by atoms with Crippen molar-refractivity contribution in [3.63, 3.8) is 0 Å². The lowest BCUT2D eigenvalue weighted by molar-refractivity contribution is 0.0696. The lowest BCUT2D eigenvalue weighted by Crippen LogP contribution is -2.09. The number of nitrogens with zero attached hydrogens (tertiary/aromatic N) is 4. The summed E-state index contributed by atoms with van der Waals surface area (Å²) in [5.41, 5.74) is 0.192. The molecule has 0 saturated carbocycles. The topological polar surface area (TPSA) is 80.9 Å². The van der Waals surface area contributed by atoms with Crippen molar-refractivity contribution in [2.75, 3.05) is 0 Å². The van der Waals surface area contributed by atoms with Crippen molar-refractivity contribution >= 4 is 17.7 Å². The number of carboxylic acids is 1. The maximum absolute atomic E-state index is 10.7. The van der Waals surface area contributed by atoms with Crippen LogP contribution in [0.15, 0.2) is 29.7 Å². The Labute approximate surface area is 121 Å². The van der Waals surface area contributed by atoms with E-state index in [-0.39, 0.29) is 5.56 Å². The second-order valence-corrected chi connectivity index (χ2v) is 5.73. The number of hydrogen-bond acceptors (Lipinski definition) is 5. The van der Waals surface area contributed by atoms with Crippen LogP contribution in [0.25, 0.3) is 0 Å². The first-order valence-electron chi connectivity index (χ1n) is 6.25. The van der Waals surface area contributed by atoms with Crippen molar-refractivity contribution in [2.24, 2.45) is 5.92 Å². The molecule has 0 amide bonds. The number of carboxylic acid groups (broad SMARTS) is 1. The SMILES string of the molecule is CC(C)Cn1ncnc1CSc1ccc(C(=O)O)cn1. The van der Waals surface area contributed by atoms with E-state index in [1.165, 1.54) is 18.0 Å². The summed E-state index contributed by atoms with van der Waals surface area (Å²) in [6.45, 7) is 5.09. The molecule has 106 valence electrons. The van der Waals surface area contributed by atoms with E-state index in [0.29, 0.717) is 11.7 Å². The Morgan fingerprint density at radius 1 is 1.40 bits per heavy atom. The highest BCUT2D eigenvalue weighted by atomic mass is 32.2. The standard InChI is InChI=1S/C13H16N4O2S/c1-9(2)6-17-11(15-8-16-17)7-20-12-4-3-10(5-14-12)13(18)19/h3-5,8-9H,6-7H2,1-2H3,(H,18,19). The van der Waals surface area contributed by atoms with Crippen LogP contribution in [-0.4, -0.2) is 30.8 Å². The van der Waals surface area contributed by atoms with Gasteiger partial charge in [0.1, 0.15) is 12.2 Å². The van der Waals surface area contributed by atoms with Gasteiger partial charge in [0.25, 0.3) is 0 Å². The molecule has 0 atom stereocenters. The summed E-state index contributed by atoms with van der Waals surface area (Å²) in [5, 5.41) is 13.8. The van der Waals surface area contributed by atoms with Crippen molar-refractivity contribution in [3.8, 4) is 0 Å². The zero-order chi connectivity index (χ0) is 14.5. The largest absolute Gasteiger partial charge is 0.478 e. The van der Waals surface area contributed by atoms with Gasteiger partial charge in [0.2, 0.25) is 0 Å². The number of pyridine rings is 1. The molecule has 0 spiro atoms. The third kappa shape index (κ3) is 3.80. The molecule has 0 fully saturated rings. The Balaban J connectivity index is 1.98. The minimum Gasteiger partial charge on any atom is -0.478 e. The van der Waals surface area contributed by atoms with E-state index in [1.54, 1.807) is 18.5 Å². The first-order chi connectivity index (χ1) is 9.56. The fourth-order valence-electron chi connectivity index (χ4n) is 1.63. The highest BCUT2D eigenvalue weighted by Gasteiger charge is 2.08. The number of aromatic nitrogens is 4. The summed E-state index contributed by atoms with van der Waals surface area (Å²) in [7, 11) is 0. The van der Waals surface area contributed by atoms with Gasteiger partial charge in [-0.25, -0.2) is 19.4 Å². The fraction of sp³-hybridized carbons (Fsp3) is 0.385. The van der Waals surface area contributed by atoms with Gasteiger partial charge in [0, 0.05) is 12.7 Å². The monoisotopic (exact) mass is 292 g/mol. The first kappa shape index (κ1) is 14.5. The molecule has 2 heterocycles. The normalized spacial score (nSPS) is 10.9. The zero-order valence-electron chi connectivity index (χ0n) is 11.4. The molecule has 0 aliphatic carbocycles. The predicted molar refractivity (Wildman–Crippen MR) is 75.6 cm³/mol. The molecule has 2 aromatic heterocycles. The van der Waals surface area contributed by atoms with E-state index in [2.05, 4.69) is 28.9 Å². The molecule has 20 heavy (non-hydrogen) atoms. The third-order valence-electron chi connectivity index (χ3n) is 2.57. The van der Waals surface area contributed by atoms with Crippen LogP contribution in [0.5, 0.6) is 0 Å². The maximum Gasteiger partial charge on any atom is 0.337 e. The fourth-order valence-corrected chi connectivity index (χ4v) is 2.42. The predicted octanol–water partition coefficient (Wildman–Crippen LogP) is 2.32. The Hall–Kier alpha value is -1.89. The molecule has 0 unspecified atom stereocenters.